The van der Waals surface area contributed by atoms with Crippen LogP contribution in [0.15, 0.2) is 18.2 Å². The highest BCUT2D eigenvalue weighted by atomic mass is 19.1. The Bertz CT molecular complexity index is 426. The third kappa shape index (κ3) is 3.70. The number of piperazine rings is 1. The van der Waals surface area contributed by atoms with Gasteiger partial charge in [-0.05, 0) is 37.9 Å². The summed E-state index contributed by atoms with van der Waals surface area (Å²) in [4.78, 5) is 4.63. The summed E-state index contributed by atoms with van der Waals surface area (Å²) >= 11 is 0. The predicted octanol–water partition coefficient (Wildman–Crippen LogP) is 2.25. The van der Waals surface area contributed by atoms with Crippen molar-refractivity contribution in [3.05, 3.63) is 29.6 Å². The highest BCUT2D eigenvalue weighted by Crippen LogP contribution is 2.26. The van der Waals surface area contributed by atoms with Crippen LogP contribution in [-0.4, -0.2) is 43.7 Å². The first-order valence-electron chi connectivity index (χ1n) is 7.62. The minimum Gasteiger partial charge on any atom is -0.366 e. The standard InChI is InChI=1S/C16H26FN3/c1-3-7-19-8-10-20(11-9-19)16-14(12-13(2)18)5-4-6-15(16)17/h4-6,13H,3,7-12,18H2,1-2H3. The molecular weight excluding hydrogens is 253 g/mol. The molecule has 20 heavy (non-hydrogen) atoms. The average molecular weight is 279 g/mol. The zero-order valence-corrected chi connectivity index (χ0v) is 12.6. The Morgan fingerprint density at radius 2 is 1.95 bits per heavy atom. The minimum absolute atomic E-state index is 0.0527. The largest absolute Gasteiger partial charge is 0.366 e. The van der Waals surface area contributed by atoms with Crippen molar-refractivity contribution in [3.63, 3.8) is 0 Å². The molecule has 1 saturated heterocycles. The Hall–Kier alpha value is -1.13. The van der Waals surface area contributed by atoms with Gasteiger partial charge in [0.25, 0.3) is 0 Å². The van der Waals surface area contributed by atoms with Crippen LogP contribution in [0.2, 0.25) is 0 Å². The summed E-state index contributed by atoms with van der Waals surface area (Å²) in [5.41, 5.74) is 7.68. The van der Waals surface area contributed by atoms with Gasteiger partial charge in [0.2, 0.25) is 0 Å². The molecule has 1 fully saturated rings. The van der Waals surface area contributed by atoms with Gasteiger partial charge in [-0.25, -0.2) is 4.39 Å². The summed E-state index contributed by atoms with van der Waals surface area (Å²) < 4.78 is 14.2. The van der Waals surface area contributed by atoms with Gasteiger partial charge in [-0.2, -0.15) is 0 Å². The fourth-order valence-electron chi connectivity index (χ4n) is 2.94. The molecule has 0 bridgehead atoms. The van der Waals surface area contributed by atoms with Crippen LogP contribution in [0, 0.1) is 5.82 Å². The fourth-order valence-corrected chi connectivity index (χ4v) is 2.94. The molecule has 0 radical (unpaired) electrons. The molecule has 1 heterocycles. The zero-order valence-electron chi connectivity index (χ0n) is 12.6. The van der Waals surface area contributed by atoms with Crippen LogP contribution >= 0.6 is 0 Å². The summed E-state index contributed by atoms with van der Waals surface area (Å²) in [5, 5.41) is 0. The second-order valence-corrected chi connectivity index (χ2v) is 5.76. The number of halogens is 1. The molecule has 1 unspecified atom stereocenters. The molecule has 112 valence electrons. The Labute approximate surface area is 121 Å². The molecule has 1 aromatic rings. The number of nitrogens with two attached hydrogens (primary N) is 1. The van der Waals surface area contributed by atoms with Crippen LogP contribution in [-0.2, 0) is 6.42 Å². The van der Waals surface area contributed by atoms with Crippen molar-refractivity contribution in [1.29, 1.82) is 0 Å². The summed E-state index contributed by atoms with van der Waals surface area (Å²) in [6.45, 7) is 9.12. The monoisotopic (exact) mass is 279 g/mol. The van der Waals surface area contributed by atoms with Crippen LogP contribution in [0.3, 0.4) is 0 Å². The van der Waals surface area contributed by atoms with Crippen LogP contribution in [0.1, 0.15) is 25.8 Å². The highest BCUT2D eigenvalue weighted by molar-refractivity contribution is 5.55. The first-order chi connectivity index (χ1) is 9.61. The molecule has 2 N–H and O–H groups in total. The van der Waals surface area contributed by atoms with E-state index in [2.05, 4.69) is 16.7 Å². The molecule has 0 saturated carbocycles. The van der Waals surface area contributed by atoms with Crippen molar-refractivity contribution in [2.45, 2.75) is 32.7 Å². The van der Waals surface area contributed by atoms with E-state index in [0.29, 0.717) is 0 Å². The molecule has 1 atom stereocenters. The first-order valence-corrected chi connectivity index (χ1v) is 7.62. The highest BCUT2D eigenvalue weighted by Gasteiger charge is 2.21. The molecule has 2 rings (SSSR count). The van der Waals surface area contributed by atoms with Gasteiger partial charge >= 0.3 is 0 Å². The van der Waals surface area contributed by atoms with E-state index in [1.165, 1.54) is 6.42 Å². The third-order valence-corrected chi connectivity index (χ3v) is 3.84. The van der Waals surface area contributed by atoms with Gasteiger partial charge in [-0.3, -0.25) is 4.90 Å². The normalized spacial score (nSPS) is 18.3. The van der Waals surface area contributed by atoms with Gasteiger partial charge < -0.3 is 10.6 Å². The average Bonchev–Trinajstić information content (AvgIpc) is 2.40. The lowest BCUT2D eigenvalue weighted by Crippen LogP contribution is -2.47. The second-order valence-electron chi connectivity index (χ2n) is 5.76. The summed E-state index contributed by atoms with van der Waals surface area (Å²) in [6.07, 6.45) is 1.90. The van der Waals surface area contributed by atoms with E-state index in [-0.39, 0.29) is 11.9 Å². The van der Waals surface area contributed by atoms with E-state index in [4.69, 9.17) is 5.73 Å². The number of para-hydroxylation sites is 1. The number of rotatable bonds is 5. The van der Waals surface area contributed by atoms with Crippen molar-refractivity contribution in [2.75, 3.05) is 37.6 Å². The molecular formula is C16H26FN3. The molecule has 4 heteroatoms. The van der Waals surface area contributed by atoms with Gasteiger partial charge in [0.15, 0.2) is 0 Å². The van der Waals surface area contributed by atoms with E-state index in [1.807, 2.05) is 13.0 Å². The molecule has 1 aliphatic rings. The van der Waals surface area contributed by atoms with Crippen LogP contribution in [0.25, 0.3) is 0 Å². The third-order valence-electron chi connectivity index (χ3n) is 3.84. The number of nitrogens with zero attached hydrogens (tertiary/aromatic N) is 2. The van der Waals surface area contributed by atoms with E-state index < -0.39 is 0 Å². The topological polar surface area (TPSA) is 32.5 Å². The molecule has 0 aromatic heterocycles. The fraction of sp³-hybridized carbons (Fsp3) is 0.625. The number of hydrogen-bond donors (Lipinski definition) is 1. The van der Waals surface area contributed by atoms with Crippen molar-refractivity contribution < 1.29 is 4.39 Å². The number of anilines is 1. The summed E-state index contributed by atoms with van der Waals surface area (Å²) in [7, 11) is 0. The van der Waals surface area contributed by atoms with Gasteiger partial charge in [0, 0.05) is 32.2 Å². The van der Waals surface area contributed by atoms with E-state index in [1.54, 1.807) is 12.1 Å². The Balaban J connectivity index is 2.12. The van der Waals surface area contributed by atoms with Gasteiger partial charge in [-0.15, -0.1) is 0 Å². The van der Waals surface area contributed by atoms with Gasteiger partial charge in [-0.1, -0.05) is 19.1 Å². The lowest BCUT2D eigenvalue weighted by molar-refractivity contribution is 0.257. The molecule has 0 amide bonds. The molecule has 0 spiro atoms. The van der Waals surface area contributed by atoms with E-state index >= 15 is 0 Å². The Morgan fingerprint density at radius 1 is 1.25 bits per heavy atom. The Morgan fingerprint density at radius 3 is 2.55 bits per heavy atom. The quantitative estimate of drug-likeness (QED) is 0.897. The SMILES string of the molecule is CCCN1CCN(c2c(F)cccc2CC(C)N)CC1. The first kappa shape index (κ1) is 15.3. The zero-order chi connectivity index (χ0) is 14.5. The second kappa shape index (κ2) is 7.04. The molecule has 0 aliphatic carbocycles. The lowest BCUT2D eigenvalue weighted by Gasteiger charge is -2.37. The van der Waals surface area contributed by atoms with Crippen molar-refractivity contribution in [3.8, 4) is 0 Å². The maximum Gasteiger partial charge on any atom is 0.146 e. The van der Waals surface area contributed by atoms with Gasteiger partial charge in [0.05, 0.1) is 5.69 Å². The van der Waals surface area contributed by atoms with Crippen molar-refractivity contribution in [2.24, 2.45) is 5.73 Å². The lowest BCUT2D eigenvalue weighted by atomic mass is 10.0. The van der Waals surface area contributed by atoms with Crippen molar-refractivity contribution >= 4 is 5.69 Å². The molecule has 1 aliphatic heterocycles. The van der Waals surface area contributed by atoms with Crippen molar-refractivity contribution in [1.82, 2.24) is 4.90 Å². The molecule has 1 aromatic carbocycles. The minimum atomic E-state index is -0.118. The van der Waals surface area contributed by atoms with E-state index in [9.17, 15) is 4.39 Å². The Kier molecular flexibility index (Phi) is 5.38. The smallest absolute Gasteiger partial charge is 0.146 e. The molecule has 3 nitrogen and oxygen atoms in total. The van der Waals surface area contributed by atoms with Crippen LogP contribution in [0.5, 0.6) is 0 Å². The van der Waals surface area contributed by atoms with Crippen LogP contribution < -0.4 is 10.6 Å². The maximum absolute atomic E-state index is 14.2. The van der Waals surface area contributed by atoms with Crippen LogP contribution in [0.4, 0.5) is 10.1 Å². The number of benzene rings is 1. The van der Waals surface area contributed by atoms with Gasteiger partial charge in [0.1, 0.15) is 5.82 Å². The summed E-state index contributed by atoms with van der Waals surface area (Å²) in [5.74, 6) is -0.118. The number of hydrogen-bond acceptors (Lipinski definition) is 3. The predicted molar refractivity (Wildman–Crippen MR) is 82.7 cm³/mol. The maximum atomic E-state index is 14.2. The van der Waals surface area contributed by atoms with E-state index in [0.717, 1.165) is 50.4 Å². The summed E-state index contributed by atoms with van der Waals surface area (Å²) in [6, 6.07) is 5.39.